The third-order valence-corrected chi connectivity index (χ3v) is 2.18. The van der Waals surface area contributed by atoms with Crippen molar-refractivity contribution >= 4 is 0 Å². The molecule has 0 saturated carbocycles. The molecule has 0 aliphatic carbocycles. The Bertz CT molecular complexity index is 320. The summed E-state index contributed by atoms with van der Waals surface area (Å²) in [5, 5.41) is 9.24. The van der Waals surface area contributed by atoms with Crippen molar-refractivity contribution in [3.8, 4) is 0 Å². The summed E-state index contributed by atoms with van der Waals surface area (Å²) in [6.07, 6.45) is -6.76. The summed E-state index contributed by atoms with van der Waals surface area (Å²) in [4.78, 5) is 0. The van der Waals surface area contributed by atoms with E-state index < -0.39 is 18.7 Å². The molecule has 1 rings (SSSR count). The van der Waals surface area contributed by atoms with Crippen molar-refractivity contribution in [3.63, 3.8) is 0 Å². The van der Waals surface area contributed by atoms with Crippen LogP contribution in [0.4, 0.5) is 13.2 Å². The molecule has 0 radical (unpaired) electrons. The Balaban J connectivity index is 2.59. The van der Waals surface area contributed by atoms with Gasteiger partial charge in [0.2, 0.25) is 0 Å². The van der Waals surface area contributed by atoms with Gasteiger partial charge in [0.05, 0.1) is 12.5 Å². The highest BCUT2D eigenvalue weighted by Crippen LogP contribution is 2.23. The first-order valence-electron chi connectivity index (χ1n) is 4.68. The molecule has 0 heterocycles. The Morgan fingerprint density at radius 2 is 1.87 bits per heavy atom. The number of hydrogen-bond donors (Lipinski definition) is 1. The minimum atomic E-state index is -4.30. The molecule has 4 heteroatoms. The monoisotopic (exact) mass is 218 g/mol. The molecule has 15 heavy (non-hydrogen) atoms. The Morgan fingerprint density at radius 3 is 2.40 bits per heavy atom. The van der Waals surface area contributed by atoms with Gasteiger partial charge in [-0.05, 0) is 24.5 Å². The molecule has 1 N–H and O–H groups in total. The van der Waals surface area contributed by atoms with Crippen molar-refractivity contribution < 1.29 is 18.3 Å². The zero-order valence-corrected chi connectivity index (χ0v) is 8.38. The van der Waals surface area contributed by atoms with E-state index in [-0.39, 0.29) is 6.42 Å². The summed E-state index contributed by atoms with van der Waals surface area (Å²) < 4.78 is 35.8. The van der Waals surface area contributed by atoms with Crippen LogP contribution in [0.15, 0.2) is 24.3 Å². The van der Waals surface area contributed by atoms with Crippen molar-refractivity contribution in [2.24, 2.45) is 0 Å². The summed E-state index contributed by atoms with van der Waals surface area (Å²) in [7, 11) is 0. The summed E-state index contributed by atoms with van der Waals surface area (Å²) in [5.41, 5.74) is 1.66. The second-order valence-corrected chi connectivity index (χ2v) is 3.60. The summed E-state index contributed by atoms with van der Waals surface area (Å²) in [5.74, 6) is 0. The first-order valence-corrected chi connectivity index (χ1v) is 4.68. The van der Waals surface area contributed by atoms with Crippen LogP contribution in [0.3, 0.4) is 0 Å². The molecule has 0 bridgehead atoms. The zero-order valence-electron chi connectivity index (χ0n) is 8.38. The van der Waals surface area contributed by atoms with Gasteiger partial charge in [-0.2, -0.15) is 13.2 Å². The molecule has 84 valence electrons. The predicted octanol–water partition coefficient (Wildman–Crippen LogP) is 2.85. The molecule has 0 aliphatic heterocycles. The lowest BCUT2D eigenvalue weighted by molar-refractivity contribution is -0.153. The number of alkyl halides is 3. The fourth-order valence-electron chi connectivity index (χ4n) is 1.43. The largest absolute Gasteiger partial charge is 0.392 e. The van der Waals surface area contributed by atoms with Crippen LogP contribution in [0.25, 0.3) is 0 Å². The molecule has 0 spiro atoms. The Morgan fingerprint density at radius 1 is 1.27 bits per heavy atom. The van der Waals surface area contributed by atoms with Gasteiger partial charge in [0.15, 0.2) is 0 Å². The molecule has 1 aromatic rings. The zero-order chi connectivity index (χ0) is 11.5. The first-order chi connectivity index (χ1) is 6.88. The lowest BCUT2D eigenvalue weighted by atomic mass is 10.0. The van der Waals surface area contributed by atoms with E-state index in [2.05, 4.69) is 0 Å². The standard InChI is InChI=1S/C11H13F3O/c1-8-4-2-3-5-9(8)6-10(15)7-11(12,13)14/h2-5,10,15H,6-7H2,1H3. The quantitative estimate of drug-likeness (QED) is 0.827. The highest BCUT2D eigenvalue weighted by molar-refractivity contribution is 5.26. The maximum atomic E-state index is 11.9. The van der Waals surface area contributed by atoms with Crippen molar-refractivity contribution in [2.75, 3.05) is 0 Å². The van der Waals surface area contributed by atoms with Crippen LogP contribution < -0.4 is 0 Å². The number of aliphatic hydroxyl groups excluding tert-OH is 1. The average Bonchev–Trinajstić information content (AvgIpc) is 2.05. The number of rotatable bonds is 3. The highest BCUT2D eigenvalue weighted by Gasteiger charge is 2.31. The van der Waals surface area contributed by atoms with Crippen molar-refractivity contribution in [2.45, 2.75) is 32.0 Å². The molecule has 1 aromatic carbocycles. The SMILES string of the molecule is Cc1ccccc1CC(O)CC(F)(F)F. The van der Waals surface area contributed by atoms with Crippen molar-refractivity contribution in [3.05, 3.63) is 35.4 Å². The fourth-order valence-corrected chi connectivity index (χ4v) is 1.43. The molecule has 0 fully saturated rings. The maximum Gasteiger partial charge on any atom is 0.391 e. The van der Waals surface area contributed by atoms with Gasteiger partial charge in [-0.1, -0.05) is 24.3 Å². The Kier molecular flexibility index (Phi) is 3.74. The van der Waals surface area contributed by atoms with E-state index in [1.807, 2.05) is 19.1 Å². The minimum Gasteiger partial charge on any atom is -0.392 e. The van der Waals surface area contributed by atoms with E-state index >= 15 is 0 Å². The maximum absolute atomic E-state index is 11.9. The third kappa shape index (κ3) is 4.34. The molecule has 0 aliphatic rings. The molecule has 0 amide bonds. The summed E-state index contributed by atoms with van der Waals surface area (Å²) in [6.45, 7) is 1.82. The van der Waals surface area contributed by atoms with Gasteiger partial charge in [-0.3, -0.25) is 0 Å². The van der Waals surface area contributed by atoms with Crippen LogP contribution >= 0.6 is 0 Å². The topological polar surface area (TPSA) is 20.2 Å². The van der Waals surface area contributed by atoms with Gasteiger partial charge in [0.25, 0.3) is 0 Å². The van der Waals surface area contributed by atoms with Gasteiger partial charge >= 0.3 is 6.18 Å². The average molecular weight is 218 g/mol. The van der Waals surface area contributed by atoms with E-state index in [9.17, 15) is 18.3 Å². The predicted molar refractivity (Wildman–Crippen MR) is 51.6 cm³/mol. The van der Waals surface area contributed by atoms with Gasteiger partial charge < -0.3 is 5.11 Å². The van der Waals surface area contributed by atoms with Crippen LogP contribution in [-0.4, -0.2) is 17.4 Å². The lowest BCUT2D eigenvalue weighted by Crippen LogP contribution is -2.21. The van der Waals surface area contributed by atoms with Crippen LogP contribution in [-0.2, 0) is 6.42 Å². The molecule has 0 saturated heterocycles. The van der Waals surface area contributed by atoms with Crippen LogP contribution in [0.1, 0.15) is 17.5 Å². The van der Waals surface area contributed by atoms with Crippen molar-refractivity contribution in [1.29, 1.82) is 0 Å². The second-order valence-electron chi connectivity index (χ2n) is 3.60. The smallest absolute Gasteiger partial charge is 0.391 e. The van der Waals surface area contributed by atoms with Gasteiger partial charge in [0, 0.05) is 0 Å². The number of halogens is 3. The number of aryl methyl sites for hydroxylation is 1. The van der Waals surface area contributed by atoms with Crippen LogP contribution in [0.5, 0.6) is 0 Å². The first kappa shape index (κ1) is 12.0. The van der Waals surface area contributed by atoms with E-state index in [0.717, 1.165) is 11.1 Å². The van der Waals surface area contributed by atoms with Crippen LogP contribution in [0, 0.1) is 6.92 Å². The van der Waals surface area contributed by atoms with Gasteiger partial charge in [-0.25, -0.2) is 0 Å². The number of hydrogen-bond acceptors (Lipinski definition) is 1. The van der Waals surface area contributed by atoms with E-state index in [4.69, 9.17) is 0 Å². The Hall–Kier alpha value is -1.03. The molecular weight excluding hydrogens is 205 g/mol. The molecule has 1 unspecified atom stereocenters. The third-order valence-electron chi connectivity index (χ3n) is 2.18. The molecule has 1 atom stereocenters. The fraction of sp³-hybridized carbons (Fsp3) is 0.455. The van der Waals surface area contributed by atoms with Gasteiger partial charge in [0.1, 0.15) is 0 Å². The summed E-state index contributed by atoms with van der Waals surface area (Å²) in [6, 6.07) is 7.11. The number of aliphatic hydroxyl groups is 1. The lowest BCUT2D eigenvalue weighted by Gasteiger charge is -2.14. The van der Waals surface area contributed by atoms with Gasteiger partial charge in [-0.15, -0.1) is 0 Å². The second kappa shape index (κ2) is 4.66. The number of benzene rings is 1. The van der Waals surface area contributed by atoms with E-state index in [1.165, 1.54) is 0 Å². The molecule has 1 nitrogen and oxygen atoms in total. The van der Waals surface area contributed by atoms with E-state index in [0.29, 0.717) is 0 Å². The summed E-state index contributed by atoms with van der Waals surface area (Å²) >= 11 is 0. The molecular formula is C11H13F3O. The van der Waals surface area contributed by atoms with Crippen molar-refractivity contribution in [1.82, 2.24) is 0 Å². The van der Waals surface area contributed by atoms with E-state index in [1.54, 1.807) is 12.1 Å². The normalized spacial score (nSPS) is 13.9. The highest BCUT2D eigenvalue weighted by atomic mass is 19.4. The van der Waals surface area contributed by atoms with Crippen LogP contribution in [0.2, 0.25) is 0 Å². The Labute approximate surface area is 86.5 Å². The minimum absolute atomic E-state index is 0.0478. The molecule has 0 aromatic heterocycles.